The van der Waals surface area contributed by atoms with Gasteiger partial charge >= 0.3 is 6.03 Å². The van der Waals surface area contributed by atoms with Crippen molar-refractivity contribution < 1.29 is 18.3 Å². The maximum Gasteiger partial charge on any atom is 0.312 e. The summed E-state index contributed by atoms with van der Waals surface area (Å²) in [7, 11) is 0. The van der Waals surface area contributed by atoms with Crippen LogP contribution in [0, 0.1) is 0 Å². The number of benzene rings is 2. The van der Waals surface area contributed by atoms with Crippen molar-refractivity contribution in [1.82, 2.24) is 15.1 Å². The lowest BCUT2D eigenvalue weighted by molar-refractivity contribution is 0.145. The summed E-state index contributed by atoms with van der Waals surface area (Å²) in [6.45, 7) is 0.547. The zero-order chi connectivity index (χ0) is 20.8. The molecule has 1 aromatic heterocycles. The van der Waals surface area contributed by atoms with E-state index in [-0.39, 0.29) is 18.8 Å². The molecule has 0 bridgehead atoms. The van der Waals surface area contributed by atoms with Gasteiger partial charge in [0.2, 0.25) is 0 Å². The highest BCUT2D eigenvalue weighted by molar-refractivity contribution is 7.98. The van der Waals surface area contributed by atoms with Crippen LogP contribution in [-0.4, -0.2) is 35.2 Å². The van der Waals surface area contributed by atoms with Crippen LogP contribution >= 0.6 is 11.8 Å². The fraction of sp³-hybridized carbons (Fsp3) is 0.200. The molecule has 29 heavy (non-hydrogen) atoms. The van der Waals surface area contributed by atoms with Crippen LogP contribution < -0.4 is 15.8 Å². The van der Waals surface area contributed by atoms with Gasteiger partial charge in [-0.2, -0.15) is 5.10 Å². The molecule has 0 radical (unpaired) electrons. The first-order valence-corrected chi connectivity index (χ1v) is 9.99. The summed E-state index contributed by atoms with van der Waals surface area (Å²) in [5.41, 5.74) is 6.68. The number of nitrogens with zero attached hydrogens (tertiary/aromatic N) is 2. The first-order valence-electron chi connectivity index (χ1n) is 8.77. The van der Waals surface area contributed by atoms with E-state index in [0.717, 1.165) is 10.5 Å². The first-order chi connectivity index (χ1) is 14.0. The Hall–Kier alpha value is -3.07. The lowest BCUT2D eigenvalue weighted by atomic mass is 10.1. The molecule has 3 aromatic rings. The molecule has 0 saturated heterocycles. The number of carbonyl (C=O) groups is 1. The lowest BCUT2D eigenvalue weighted by Gasteiger charge is -2.10. The Morgan fingerprint density at radius 3 is 2.48 bits per heavy atom. The number of alkyl halides is 2. The van der Waals surface area contributed by atoms with Gasteiger partial charge in [0.15, 0.2) is 0 Å². The maximum atomic E-state index is 13.3. The summed E-state index contributed by atoms with van der Waals surface area (Å²) in [5, 5.41) is 6.52. The molecule has 0 aliphatic heterocycles. The van der Waals surface area contributed by atoms with E-state index in [9.17, 15) is 13.6 Å². The van der Waals surface area contributed by atoms with Crippen molar-refractivity contribution in [2.75, 3.05) is 19.4 Å². The quantitative estimate of drug-likeness (QED) is 0.423. The smallest absolute Gasteiger partial charge is 0.312 e. The number of carbonyl (C=O) groups excluding carboxylic acids is 1. The summed E-state index contributed by atoms with van der Waals surface area (Å²) >= 11 is 1.60. The number of urea groups is 1. The van der Waals surface area contributed by atoms with Gasteiger partial charge < -0.3 is 15.8 Å². The second-order valence-corrected chi connectivity index (χ2v) is 6.91. The molecule has 0 atom stereocenters. The van der Waals surface area contributed by atoms with Crippen LogP contribution in [0.1, 0.15) is 12.1 Å². The lowest BCUT2D eigenvalue weighted by Crippen LogP contribution is -2.32. The van der Waals surface area contributed by atoms with Crippen LogP contribution in [0.3, 0.4) is 0 Å². The number of aromatic nitrogens is 2. The Morgan fingerprint density at radius 2 is 1.90 bits per heavy atom. The van der Waals surface area contributed by atoms with Gasteiger partial charge in [0.1, 0.15) is 18.1 Å². The number of nitrogens with two attached hydrogens (primary N) is 1. The van der Waals surface area contributed by atoms with Gasteiger partial charge in [0.05, 0.1) is 17.9 Å². The molecule has 0 saturated carbocycles. The SMILES string of the molecule is CSc1ccc(-n2nc(C(F)F)cc2-c2ccc(OCCNC(N)=O)cc2)cc1. The van der Waals surface area contributed by atoms with Crippen LogP contribution in [0.4, 0.5) is 13.6 Å². The number of rotatable bonds is 8. The number of thioether (sulfide) groups is 1. The first kappa shape index (κ1) is 20.7. The molecule has 0 aliphatic carbocycles. The predicted molar refractivity (Wildman–Crippen MR) is 109 cm³/mol. The monoisotopic (exact) mass is 418 g/mol. The van der Waals surface area contributed by atoms with Crippen molar-refractivity contribution in [3.8, 4) is 22.7 Å². The largest absolute Gasteiger partial charge is 0.492 e. The maximum absolute atomic E-state index is 13.3. The third-order valence-corrected chi connectivity index (χ3v) is 4.83. The van der Waals surface area contributed by atoms with Crippen LogP contribution in [-0.2, 0) is 0 Å². The molecule has 0 spiro atoms. The van der Waals surface area contributed by atoms with E-state index in [0.29, 0.717) is 17.1 Å². The molecule has 0 unspecified atom stereocenters. The Morgan fingerprint density at radius 1 is 1.21 bits per heavy atom. The molecule has 3 rings (SSSR count). The Balaban J connectivity index is 1.84. The third-order valence-electron chi connectivity index (χ3n) is 4.09. The van der Waals surface area contributed by atoms with Gasteiger partial charge in [0, 0.05) is 10.5 Å². The standard InChI is InChI=1S/C20H20F2N4O2S/c1-29-16-8-4-14(5-9-16)26-18(12-17(25-26)19(21)22)13-2-6-15(7-3-13)28-11-10-24-20(23)27/h2-9,12,19H,10-11H2,1H3,(H3,23,24,27). The highest BCUT2D eigenvalue weighted by Gasteiger charge is 2.18. The van der Waals surface area contributed by atoms with Gasteiger partial charge in [-0.3, -0.25) is 0 Å². The van der Waals surface area contributed by atoms with Gasteiger partial charge in [-0.15, -0.1) is 11.8 Å². The van der Waals surface area contributed by atoms with Crippen LogP contribution in [0.2, 0.25) is 0 Å². The van der Waals surface area contributed by atoms with Crippen molar-refractivity contribution in [3.63, 3.8) is 0 Å². The normalized spacial score (nSPS) is 10.9. The van der Waals surface area contributed by atoms with Crippen molar-refractivity contribution in [2.45, 2.75) is 11.3 Å². The average Bonchev–Trinajstić information content (AvgIpc) is 3.17. The van der Waals surface area contributed by atoms with E-state index in [1.807, 2.05) is 30.5 Å². The van der Waals surface area contributed by atoms with E-state index >= 15 is 0 Å². The number of halogens is 2. The van der Waals surface area contributed by atoms with E-state index in [1.54, 1.807) is 36.0 Å². The van der Waals surface area contributed by atoms with Gasteiger partial charge in [-0.25, -0.2) is 18.3 Å². The molecular weight excluding hydrogens is 398 g/mol. The second kappa shape index (κ2) is 9.42. The van der Waals surface area contributed by atoms with Crippen LogP contribution in [0.15, 0.2) is 59.5 Å². The minimum absolute atomic E-state index is 0.261. The zero-order valence-electron chi connectivity index (χ0n) is 15.6. The topological polar surface area (TPSA) is 82.2 Å². The number of hydrogen-bond donors (Lipinski definition) is 2. The van der Waals surface area contributed by atoms with Crippen molar-refractivity contribution in [3.05, 3.63) is 60.3 Å². The molecule has 3 N–H and O–H groups in total. The highest BCUT2D eigenvalue weighted by Crippen LogP contribution is 2.30. The minimum atomic E-state index is -2.67. The number of ether oxygens (including phenoxy) is 1. The Kier molecular flexibility index (Phi) is 6.71. The molecular formula is C20H20F2N4O2S. The third kappa shape index (κ3) is 5.26. The van der Waals surface area contributed by atoms with E-state index in [1.165, 1.54) is 10.7 Å². The number of amides is 2. The van der Waals surface area contributed by atoms with E-state index in [2.05, 4.69) is 10.4 Å². The summed E-state index contributed by atoms with van der Waals surface area (Å²) in [6, 6.07) is 15.3. The van der Waals surface area contributed by atoms with Crippen LogP contribution in [0.5, 0.6) is 5.75 Å². The molecule has 9 heteroatoms. The molecule has 0 aliphatic rings. The molecule has 1 heterocycles. The number of nitrogens with one attached hydrogen (secondary N) is 1. The van der Waals surface area contributed by atoms with Gasteiger partial charge in [-0.1, -0.05) is 0 Å². The minimum Gasteiger partial charge on any atom is -0.492 e. The van der Waals surface area contributed by atoms with E-state index < -0.39 is 12.5 Å². The van der Waals surface area contributed by atoms with Crippen molar-refractivity contribution in [2.24, 2.45) is 5.73 Å². The zero-order valence-corrected chi connectivity index (χ0v) is 16.5. The second-order valence-electron chi connectivity index (χ2n) is 6.03. The molecule has 6 nitrogen and oxygen atoms in total. The molecule has 2 aromatic carbocycles. The summed E-state index contributed by atoms with van der Waals surface area (Å²) in [5.74, 6) is 0.587. The van der Waals surface area contributed by atoms with Crippen LogP contribution in [0.25, 0.3) is 16.9 Å². The van der Waals surface area contributed by atoms with E-state index in [4.69, 9.17) is 10.5 Å². The number of primary amides is 1. The highest BCUT2D eigenvalue weighted by atomic mass is 32.2. The predicted octanol–water partition coefficient (Wildman–Crippen LogP) is 4.25. The molecule has 0 fully saturated rings. The number of hydrogen-bond acceptors (Lipinski definition) is 4. The van der Waals surface area contributed by atoms with Crippen molar-refractivity contribution in [1.29, 1.82) is 0 Å². The Bertz CT molecular complexity index is 960. The summed E-state index contributed by atoms with van der Waals surface area (Å²) < 4.78 is 33.6. The average molecular weight is 418 g/mol. The fourth-order valence-electron chi connectivity index (χ4n) is 2.70. The van der Waals surface area contributed by atoms with Crippen molar-refractivity contribution >= 4 is 17.8 Å². The molecule has 152 valence electrons. The fourth-order valence-corrected chi connectivity index (χ4v) is 3.11. The summed E-state index contributed by atoms with van der Waals surface area (Å²) in [4.78, 5) is 11.7. The van der Waals surface area contributed by atoms with Gasteiger partial charge in [-0.05, 0) is 60.9 Å². The summed E-state index contributed by atoms with van der Waals surface area (Å²) in [6.07, 6.45) is -0.697. The van der Waals surface area contributed by atoms with Gasteiger partial charge in [0.25, 0.3) is 6.43 Å². The Labute approximate surface area is 171 Å². The molecule has 2 amide bonds.